The Morgan fingerprint density at radius 2 is 2.04 bits per heavy atom. The van der Waals surface area contributed by atoms with Gasteiger partial charge in [0.05, 0.1) is 6.54 Å². The van der Waals surface area contributed by atoms with Gasteiger partial charge in [-0.2, -0.15) is 4.31 Å². The van der Waals surface area contributed by atoms with Crippen LogP contribution in [0.25, 0.3) is 0 Å². The van der Waals surface area contributed by atoms with Crippen LogP contribution in [0.3, 0.4) is 0 Å². The Balaban J connectivity index is 0.00000338. The van der Waals surface area contributed by atoms with E-state index in [0.29, 0.717) is 23.8 Å². The molecule has 0 bridgehead atoms. The van der Waals surface area contributed by atoms with Crippen LogP contribution in [0.15, 0.2) is 45.0 Å². The highest BCUT2D eigenvalue weighted by Gasteiger charge is 2.21. The second kappa shape index (κ2) is 10.3. The number of aryl methyl sites for hydroxylation is 1. The van der Waals surface area contributed by atoms with E-state index in [1.807, 2.05) is 31.3 Å². The first-order valence-electron chi connectivity index (χ1n) is 7.88. The van der Waals surface area contributed by atoms with Crippen molar-refractivity contribution in [3.8, 4) is 0 Å². The van der Waals surface area contributed by atoms with Gasteiger partial charge in [0.2, 0.25) is 0 Å². The molecule has 0 aromatic carbocycles. The highest BCUT2D eigenvalue weighted by Crippen LogP contribution is 2.19. The summed E-state index contributed by atoms with van der Waals surface area (Å²) in [7, 11) is 3.85. The summed E-state index contributed by atoms with van der Waals surface area (Å²) in [5, 5.41) is 4.98. The fourth-order valence-electron chi connectivity index (χ4n) is 2.37. The zero-order chi connectivity index (χ0) is 18.4. The smallest absolute Gasteiger partial charge is 0.252 e. The van der Waals surface area contributed by atoms with Crippen molar-refractivity contribution in [1.29, 1.82) is 0 Å². The van der Waals surface area contributed by atoms with E-state index in [-0.39, 0.29) is 24.0 Å². The molecule has 146 valence electrons. The van der Waals surface area contributed by atoms with Crippen LogP contribution in [-0.2, 0) is 23.6 Å². The largest absolute Gasteiger partial charge is 0.355 e. The first-order chi connectivity index (χ1) is 11.9. The van der Waals surface area contributed by atoms with Crippen LogP contribution in [0.4, 0.5) is 0 Å². The third kappa shape index (κ3) is 5.69. The fourth-order valence-corrected chi connectivity index (χ4v) is 4.75. The summed E-state index contributed by atoms with van der Waals surface area (Å²) in [5.74, 6) is 0.725. The molecular formula is C16H26IN5O2S2. The summed E-state index contributed by atoms with van der Waals surface area (Å²) in [5.41, 5.74) is 1.17. The van der Waals surface area contributed by atoms with E-state index >= 15 is 0 Å². The number of hydrogen-bond donors (Lipinski definition) is 1. The lowest BCUT2D eigenvalue weighted by Gasteiger charge is -2.23. The Kier molecular flexibility index (Phi) is 9.07. The number of hydrogen-bond acceptors (Lipinski definition) is 4. The van der Waals surface area contributed by atoms with Gasteiger partial charge in [-0.25, -0.2) is 8.42 Å². The summed E-state index contributed by atoms with van der Waals surface area (Å²) in [6.07, 6.45) is 2.00. The predicted molar refractivity (Wildman–Crippen MR) is 118 cm³/mol. The Labute approximate surface area is 176 Å². The Morgan fingerprint density at radius 1 is 1.31 bits per heavy atom. The molecule has 0 aliphatic heterocycles. The minimum absolute atomic E-state index is 0. The third-order valence-electron chi connectivity index (χ3n) is 3.89. The molecule has 0 fully saturated rings. The van der Waals surface area contributed by atoms with Crippen LogP contribution < -0.4 is 5.32 Å². The van der Waals surface area contributed by atoms with Crippen molar-refractivity contribution < 1.29 is 8.42 Å². The van der Waals surface area contributed by atoms with Gasteiger partial charge in [-0.05, 0) is 23.6 Å². The number of guanidine groups is 1. The van der Waals surface area contributed by atoms with Gasteiger partial charge in [-0.15, -0.1) is 35.3 Å². The molecule has 1 N–H and O–H groups in total. The topological polar surface area (TPSA) is 69.9 Å². The van der Waals surface area contributed by atoms with E-state index in [1.54, 1.807) is 31.6 Å². The second-order valence-corrected chi connectivity index (χ2v) is 8.92. The molecule has 0 spiro atoms. The van der Waals surface area contributed by atoms with Gasteiger partial charge in [0, 0.05) is 53.2 Å². The Hall–Kier alpha value is -1.11. The number of thiophene rings is 1. The Bertz CT molecular complexity index is 802. The molecule has 10 heteroatoms. The average molecular weight is 511 g/mol. The minimum Gasteiger partial charge on any atom is -0.355 e. The van der Waals surface area contributed by atoms with Crippen molar-refractivity contribution in [3.05, 3.63) is 41.5 Å². The molecule has 2 aromatic heterocycles. The Morgan fingerprint density at radius 3 is 2.58 bits per heavy atom. The van der Waals surface area contributed by atoms with Crippen LogP contribution in [-0.4, -0.2) is 62.4 Å². The number of rotatable bonds is 7. The minimum atomic E-state index is -3.41. The lowest BCUT2D eigenvalue weighted by molar-refractivity contribution is 0.444. The van der Waals surface area contributed by atoms with Gasteiger partial charge >= 0.3 is 0 Å². The monoisotopic (exact) mass is 511 g/mol. The van der Waals surface area contributed by atoms with Crippen molar-refractivity contribution in [2.45, 2.75) is 10.8 Å². The highest BCUT2D eigenvalue weighted by atomic mass is 127. The maximum atomic E-state index is 12.4. The molecular weight excluding hydrogens is 485 g/mol. The zero-order valence-electron chi connectivity index (χ0n) is 15.4. The maximum Gasteiger partial charge on any atom is 0.252 e. The molecule has 7 nitrogen and oxygen atoms in total. The highest BCUT2D eigenvalue weighted by molar-refractivity contribution is 14.0. The number of nitrogens with zero attached hydrogens (tertiary/aromatic N) is 4. The van der Waals surface area contributed by atoms with Gasteiger partial charge < -0.3 is 14.8 Å². The van der Waals surface area contributed by atoms with Crippen molar-refractivity contribution in [2.24, 2.45) is 12.0 Å². The molecule has 0 amide bonds. The van der Waals surface area contributed by atoms with Crippen LogP contribution >= 0.6 is 35.3 Å². The first kappa shape index (κ1) is 22.9. The number of likely N-dealkylation sites (N-methyl/N-ethyl adjacent to an activating group) is 1. The summed E-state index contributed by atoms with van der Waals surface area (Å²) >= 11 is 1.23. The molecule has 0 aliphatic rings. The number of halogens is 1. The van der Waals surface area contributed by atoms with Crippen molar-refractivity contribution in [2.75, 3.05) is 34.2 Å². The molecule has 0 unspecified atom stereocenters. The summed E-state index contributed by atoms with van der Waals surface area (Å²) in [6.45, 7) is 1.55. The van der Waals surface area contributed by atoms with Crippen LogP contribution in [0.5, 0.6) is 0 Å². The van der Waals surface area contributed by atoms with E-state index in [2.05, 4.69) is 20.9 Å². The molecule has 26 heavy (non-hydrogen) atoms. The summed E-state index contributed by atoms with van der Waals surface area (Å²) in [6, 6.07) is 7.43. The van der Waals surface area contributed by atoms with Crippen molar-refractivity contribution in [1.82, 2.24) is 19.1 Å². The quantitative estimate of drug-likeness (QED) is 0.351. The van der Waals surface area contributed by atoms with Gasteiger partial charge in [0.25, 0.3) is 10.0 Å². The first-order valence-corrected chi connectivity index (χ1v) is 10.2. The third-order valence-corrected chi connectivity index (χ3v) is 7.12. The van der Waals surface area contributed by atoms with Crippen molar-refractivity contribution >= 4 is 51.3 Å². The van der Waals surface area contributed by atoms with E-state index in [1.165, 1.54) is 21.3 Å². The molecule has 2 rings (SSSR count). The molecule has 2 heterocycles. The molecule has 0 radical (unpaired) electrons. The molecule has 0 atom stereocenters. The van der Waals surface area contributed by atoms with Crippen LogP contribution in [0.1, 0.15) is 5.69 Å². The van der Waals surface area contributed by atoms with Crippen molar-refractivity contribution in [3.63, 3.8) is 0 Å². The SMILES string of the molecule is CN=C(NCCN(C)S(=O)(=O)c1cccs1)N(C)Cc1cccn1C.I. The molecule has 0 saturated carbocycles. The van der Waals surface area contributed by atoms with Gasteiger partial charge in [-0.1, -0.05) is 6.07 Å². The number of aromatic nitrogens is 1. The summed E-state index contributed by atoms with van der Waals surface area (Å²) < 4.78 is 28.6. The van der Waals surface area contributed by atoms with E-state index < -0.39 is 10.0 Å². The van der Waals surface area contributed by atoms with E-state index in [9.17, 15) is 8.42 Å². The van der Waals surface area contributed by atoms with Crippen LogP contribution in [0, 0.1) is 0 Å². The predicted octanol–water partition coefficient (Wildman–Crippen LogP) is 2.03. The second-order valence-electron chi connectivity index (χ2n) is 5.70. The fraction of sp³-hybridized carbons (Fsp3) is 0.438. The van der Waals surface area contributed by atoms with Crippen LogP contribution in [0.2, 0.25) is 0 Å². The standard InChI is InChI=1S/C16H25N5O2S2.HI/c1-17-16(20(3)13-14-7-5-10-19(14)2)18-9-11-21(4)25(22,23)15-8-6-12-24-15;/h5-8,10,12H,9,11,13H2,1-4H3,(H,17,18);1H. The lowest BCUT2D eigenvalue weighted by Crippen LogP contribution is -2.42. The average Bonchev–Trinajstić information content (AvgIpc) is 3.24. The van der Waals surface area contributed by atoms with Gasteiger partial charge in [0.1, 0.15) is 4.21 Å². The molecule has 0 saturated heterocycles. The number of sulfonamides is 1. The molecule has 0 aliphatic carbocycles. The van der Waals surface area contributed by atoms with E-state index in [0.717, 1.165) is 5.96 Å². The zero-order valence-corrected chi connectivity index (χ0v) is 19.4. The van der Waals surface area contributed by atoms with Gasteiger partial charge in [0.15, 0.2) is 5.96 Å². The van der Waals surface area contributed by atoms with Gasteiger partial charge in [-0.3, -0.25) is 4.99 Å². The normalized spacial score (nSPS) is 12.1. The molecule has 2 aromatic rings. The van der Waals surface area contributed by atoms with E-state index in [4.69, 9.17) is 0 Å². The number of nitrogens with one attached hydrogen (secondary N) is 1. The lowest BCUT2D eigenvalue weighted by atomic mass is 10.4. The summed E-state index contributed by atoms with van der Waals surface area (Å²) in [4.78, 5) is 6.27. The maximum absolute atomic E-state index is 12.4. The number of aliphatic imine (C=N–C) groups is 1.